The predicted molar refractivity (Wildman–Crippen MR) is 74.7 cm³/mol. The van der Waals surface area contributed by atoms with Gasteiger partial charge >= 0.3 is 0 Å². The first kappa shape index (κ1) is 13.5. The van der Waals surface area contributed by atoms with Crippen molar-refractivity contribution in [2.24, 2.45) is 7.05 Å². The maximum Gasteiger partial charge on any atom is 0.274 e. The van der Waals surface area contributed by atoms with Gasteiger partial charge in [0.2, 0.25) is 0 Å². The summed E-state index contributed by atoms with van der Waals surface area (Å²) < 4.78 is 15.2. The Bertz CT molecular complexity index is 722. The van der Waals surface area contributed by atoms with Crippen molar-refractivity contribution < 1.29 is 4.39 Å². The van der Waals surface area contributed by atoms with Crippen molar-refractivity contribution in [3.05, 3.63) is 57.2 Å². The van der Waals surface area contributed by atoms with E-state index in [4.69, 9.17) is 11.6 Å². The second-order valence-corrected chi connectivity index (χ2v) is 4.56. The van der Waals surface area contributed by atoms with Crippen molar-refractivity contribution in [2.45, 2.75) is 6.92 Å². The predicted octanol–water partition coefficient (Wildman–Crippen LogP) is 3.19. The number of hydrogen-bond acceptors (Lipinski definition) is 2. The fourth-order valence-electron chi connectivity index (χ4n) is 1.98. The fraction of sp³-hybridized carbons (Fsp3) is 0.143. The summed E-state index contributed by atoms with van der Waals surface area (Å²) >= 11 is 6.02. The van der Waals surface area contributed by atoms with Crippen molar-refractivity contribution in [1.29, 1.82) is 0 Å². The van der Waals surface area contributed by atoms with Crippen LogP contribution in [0.2, 0.25) is 5.02 Å². The van der Waals surface area contributed by atoms with Gasteiger partial charge in [0, 0.05) is 23.2 Å². The molecule has 5 heteroatoms. The molecule has 2 rings (SSSR count). The van der Waals surface area contributed by atoms with Crippen molar-refractivity contribution in [3.8, 4) is 11.1 Å². The van der Waals surface area contributed by atoms with Gasteiger partial charge in [-0.05, 0) is 25.1 Å². The first-order chi connectivity index (χ1) is 8.95. The van der Waals surface area contributed by atoms with Gasteiger partial charge in [-0.3, -0.25) is 4.79 Å². The Morgan fingerprint density at radius 3 is 2.79 bits per heavy atom. The highest BCUT2D eigenvalue weighted by atomic mass is 35.5. The summed E-state index contributed by atoms with van der Waals surface area (Å²) in [6.07, 6.45) is 1.44. The van der Waals surface area contributed by atoms with Gasteiger partial charge in [-0.1, -0.05) is 24.3 Å². The Morgan fingerprint density at radius 1 is 1.47 bits per heavy atom. The van der Waals surface area contributed by atoms with Crippen LogP contribution in [0.15, 0.2) is 29.6 Å². The van der Waals surface area contributed by atoms with E-state index in [9.17, 15) is 9.18 Å². The molecule has 98 valence electrons. The molecule has 0 bridgehead atoms. The molecule has 0 saturated carbocycles. The summed E-state index contributed by atoms with van der Waals surface area (Å²) in [5.74, 6) is -0.512. The van der Waals surface area contributed by atoms with E-state index in [1.807, 2.05) is 0 Å². The third kappa shape index (κ3) is 2.31. The zero-order valence-electron chi connectivity index (χ0n) is 10.6. The number of nitrogens with zero attached hydrogens (tertiary/aromatic N) is 2. The molecule has 0 N–H and O–H groups in total. The van der Waals surface area contributed by atoms with Gasteiger partial charge < -0.3 is 0 Å². The van der Waals surface area contributed by atoms with E-state index in [1.54, 1.807) is 13.0 Å². The number of halogens is 2. The topological polar surface area (TPSA) is 34.9 Å². The highest BCUT2D eigenvalue weighted by Crippen LogP contribution is 2.31. The van der Waals surface area contributed by atoms with E-state index < -0.39 is 5.82 Å². The average Bonchev–Trinajstić information content (AvgIpc) is 2.36. The van der Waals surface area contributed by atoms with Crippen molar-refractivity contribution in [3.63, 3.8) is 0 Å². The van der Waals surface area contributed by atoms with E-state index >= 15 is 0 Å². The minimum absolute atomic E-state index is 0.161. The van der Waals surface area contributed by atoms with Gasteiger partial charge in [-0.15, -0.1) is 0 Å². The molecule has 0 fully saturated rings. The summed E-state index contributed by atoms with van der Waals surface area (Å²) in [7, 11) is 1.52. The molecule has 1 aromatic heterocycles. The molecule has 0 spiro atoms. The molecule has 0 atom stereocenters. The van der Waals surface area contributed by atoms with Crippen LogP contribution in [-0.4, -0.2) is 9.78 Å². The zero-order chi connectivity index (χ0) is 14.2. The highest BCUT2D eigenvalue weighted by molar-refractivity contribution is 6.32. The summed E-state index contributed by atoms with van der Waals surface area (Å²) in [6.45, 7) is 5.35. The number of rotatable bonds is 2. The summed E-state index contributed by atoms with van der Waals surface area (Å²) in [5, 5.41) is 4.34. The van der Waals surface area contributed by atoms with E-state index in [1.165, 1.54) is 29.9 Å². The molecule has 0 saturated heterocycles. The van der Waals surface area contributed by atoms with E-state index in [-0.39, 0.29) is 16.7 Å². The smallest absolute Gasteiger partial charge is 0.267 e. The maximum absolute atomic E-state index is 14.1. The average molecular weight is 279 g/mol. The number of aromatic nitrogens is 2. The quantitative estimate of drug-likeness (QED) is 0.845. The highest BCUT2D eigenvalue weighted by Gasteiger charge is 2.16. The largest absolute Gasteiger partial charge is 0.274 e. The Morgan fingerprint density at radius 2 is 2.16 bits per heavy atom. The van der Waals surface area contributed by atoms with Crippen LogP contribution in [0.1, 0.15) is 11.3 Å². The monoisotopic (exact) mass is 278 g/mol. The van der Waals surface area contributed by atoms with Crippen LogP contribution in [0.4, 0.5) is 4.39 Å². The van der Waals surface area contributed by atoms with Crippen LogP contribution in [0.5, 0.6) is 0 Å². The summed E-state index contributed by atoms with van der Waals surface area (Å²) in [6, 6.07) is 4.22. The molecule has 0 aliphatic heterocycles. The van der Waals surface area contributed by atoms with Gasteiger partial charge in [0.05, 0.1) is 11.3 Å². The van der Waals surface area contributed by atoms with Crippen LogP contribution < -0.4 is 5.56 Å². The first-order valence-electron chi connectivity index (χ1n) is 5.61. The van der Waals surface area contributed by atoms with Crippen molar-refractivity contribution in [2.75, 3.05) is 0 Å². The molecule has 2 aromatic rings. The number of hydrogen-bond donors (Lipinski definition) is 0. The zero-order valence-corrected chi connectivity index (χ0v) is 11.3. The lowest BCUT2D eigenvalue weighted by molar-refractivity contribution is 0.629. The number of benzene rings is 1. The lowest BCUT2D eigenvalue weighted by atomic mass is 10.00. The van der Waals surface area contributed by atoms with Crippen molar-refractivity contribution >= 4 is 17.7 Å². The molecule has 19 heavy (non-hydrogen) atoms. The molecule has 0 amide bonds. The van der Waals surface area contributed by atoms with E-state index in [0.717, 1.165) is 0 Å². The Kier molecular flexibility index (Phi) is 3.53. The van der Waals surface area contributed by atoms with Gasteiger partial charge in [-0.2, -0.15) is 5.10 Å². The molecule has 0 aliphatic rings. The minimum Gasteiger partial charge on any atom is -0.267 e. The van der Waals surface area contributed by atoms with Gasteiger partial charge in [0.25, 0.3) is 5.56 Å². The van der Waals surface area contributed by atoms with E-state index in [0.29, 0.717) is 16.3 Å². The SMILES string of the molecule is C=Cc1c(Cl)ccc(F)c1-c1cc(C)nn(C)c1=O. The van der Waals surface area contributed by atoms with Crippen LogP contribution in [-0.2, 0) is 7.05 Å². The molecule has 3 nitrogen and oxygen atoms in total. The van der Waals surface area contributed by atoms with Crippen LogP contribution >= 0.6 is 11.6 Å². The summed E-state index contributed by atoms with van der Waals surface area (Å²) in [5.41, 5.74) is 1.03. The second-order valence-electron chi connectivity index (χ2n) is 4.15. The molecule has 0 unspecified atom stereocenters. The molecule has 1 aromatic carbocycles. The molecule has 0 radical (unpaired) electrons. The number of aryl methyl sites for hydroxylation is 2. The minimum atomic E-state index is -0.512. The van der Waals surface area contributed by atoms with Gasteiger partial charge in [0.15, 0.2) is 0 Å². The lowest BCUT2D eigenvalue weighted by Gasteiger charge is -2.10. The van der Waals surface area contributed by atoms with Crippen LogP contribution in [0, 0.1) is 12.7 Å². The van der Waals surface area contributed by atoms with Gasteiger partial charge in [-0.25, -0.2) is 9.07 Å². The molecular formula is C14H12ClFN2O. The maximum atomic E-state index is 14.1. The first-order valence-corrected chi connectivity index (χ1v) is 5.99. The van der Waals surface area contributed by atoms with Crippen molar-refractivity contribution in [1.82, 2.24) is 9.78 Å². The lowest BCUT2D eigenvalue weighted by Crippen LogP contribution is -2.22. The second kappa shape index (κ2) is 4.97. The van der Waals surface area contributed by atoms with Crippen LogP contribution in [0.3, 0.4) is 0 Å². The Labute approximate surface area is 115 Å². The van der Waals surface area contributed by atoms with E-state index in [2.05, 4.69) is 11.7 Å². The normalized spacial score (nSPS) is 10.5. The molecule has 0 aliphatic carbocycles. The molecular weight excluding hydrogens is 267 g/mol. The standard InChI is InChI=1S/C14H12ClFN2O/c1-4-9-11(15)5-6-12(16)13(9)10-7-8(2)17-18(3)14(10)19/h4-7H,1H2,2-3H3. The van der Waals surface area contributed by atoms with Gasteiger partial charge in [0.1, 0.15) is 5.82 Å². The third-order valence-electron chi connectivity index (χ3n) is 2.80. The third-order valence-corrected chi connectivity index (χ3v) is 3.13. The van der Waals surface area contributed by atoms with Crippen LogP contribution in [0.25, 0.3) is 17.2 Å². The summed E-state index contributed by atoms with van der Waals surface area (Å²) in [4.78, 5) is 12.1. The Balaban J connectivity index is 2.90. The Hall–Kier alpha value is -1.94. The fourth-order valence-corrected chi connectivity index (χ4v) is 2.21. The molecule has 1 heterocycles.